The topological polar surface area (TPSA) is 72.0 Å². The average Bonchev–Trinajstić information content (AvgIpc) is 2.38. The van der Waals surface area contributed by atoms with Crippen molar-refractivity contribution in [3.63, 3.8) is 0 Å². The molecule has 1 heterocycles. The lowest BCUT2D eigenvalue weighted by atomic mass is 9.85. The second-order valence-electron chi connectivity index (χ2n) is 5.48. The molecule has 2 N–H and O–H groups in total. The summed E-state index contributed by atoms with van der Waals surface area (Å²) in [6, 6.07) is 0.347. The average molecular weight is 281 g/mol. The standard InChI is InChI=1S/C14H27N5O/c1-7-20-14-18-12(15-6)17-13(19-14)16-8-11(9(2)3)10(4)5/h9-11H,7-8H2,1-6H3,(H2,15,16,17,18,19). The van der Waals surface area contributed by atoms with Gasteiger partial charge in [-0.3, -0.25) is 0 Å². The van der Waals surface area contributed by atoms with Crippen LogP contribution in [0.15, 0.2) is 0 Å². The van der Waals surface area contributed by atoms with Crippen molar-refractivity contribution in [2.24, 2.45) is 17.8 Å². The quantitative estimate of drug-likeness (QED) is 0.763. The van der Waals surface area contributed by atoms with Crippen LogP contribution in [0, 0.1) is 17.8 Å². The SMILES string of the molecule is CCOc1nc(NC)nc(NCC(C(C)C)C(C)C)n1. The van der Waals surface area contributed by atoms with E-state index in [9.17, 15) is 0 Å². The maximum Gasteiger partial charge on any atom is 0.323 e. The highest BCUT2D eigenvalue weighted by atomic mass is 16.5. The normalized spacial score (nSPS) is 11.2. The van der Waals surface area contributed by atoms with Gasteiger partial charge in [-0.15, -0.1) is 0 Å². The molecule has 0 unspecified atom stereocenters. The number of nitrogens with zero attached hydrogens (tertiary/aromatic N) is 3. The van der Waals surface area contributed by atoms with Crippen molar-refractivity contribution >= 4 is 11.9 Å². The van der Waals surface area contributed by atoms with Crippen LogP contribution in [0.5, 0.6) is 6.01 Å². The predicted molar refractivity (Wildman–Crippen MR) is 82.2 cm³/mol. The minimum Gasteiger partial charge on any atom is -0.464 e. The molecule has 0 saturated heterocycles. The summed E-state index contributed by atoms with van der Waals surface area (Å²) in [6.45, 7) is 12.2. The number of hydrogen-bond acceptors (Lipinski definition) is 6. The number of rotatable bonds is 8. The summed E-state index contributed by atoms with van der Waals surface area (Å²) >= 11 is 0. The molecule has 6 nitrogen and oxygen atoms in total. The Morgan fingerprint density at radius 2 is 1.60 bits per heavy atom. The van der Waals surface area contributed by atoms with Crippen LogP contribution < -0.4 is 15.4 Å². The zero-order chi connectivity index (χ0) is 15.1. The van der Waals surface area contributed by atoms with Crippen LogP contribution in [-0.4, -0.2) is 35.2 Å². The van der Waals surface area contributed by atoms with Gasteiger partial charge in [0.2, 0.25) is 11.9 Å². The van der Waals surface area contributed by atoms with Gasteiger partial charge in [0.25, 0.3) is 0 Å². The lowest BCUT2D eigenvalue weighted by Crippen LogP contribution is -2.25. The van der Waals surface area contributed by atoms with Gasteiger partial charge in [-0.1, -0.05) is 27.7 Å². The fourth-order valence-electron chi connectivity index (χ4n) is 2.19. The molecule has 114 valence electrons. The molecule has 0 aliphatic heterocycles. The summed E-state index contributed by atoms with van der Waals surface area (Å²) in [5.74, 6) is 2.86. The van der Waals surface area contributed by atoms with Crippen LogP contribution in [0.25, 0.3) is 0 Å². The van der Waals surface area contributed by atoms with E-state index in [0.717, 1.165) is 6.54 Å². The molecule has 0 amide bonds. The van der Waals surface area contributed by atoms with Crippen LogP contribution in [-0.2, 0) is 0 Å². The molecule has 0 fully saturated rings. The van der Waals surface area contributed by atoms with Gasteiger partial charge in [0.15, 0.2) is 0 Å². The molecule has 0 atom stereocenters. The molecule has 1 aromatic rings. The third kappa shape index (κ3) is 4.83. The minimum absolute atomic E-state index is 0.347. The van der Waals surface area contributed by atoms with E-state index in [1.807, 2.05) is 6.92 Å². The summed E-state index contributed by atoms with van der Waals surface area (Å²) in [4.78, 5) is 12.7. The summed E-state index contributed by atoms with van der Waals surface area (Å²) in [7, 11) is 1.78. The molecule has 0 aromatic carbocycles. The number of ether oxygens (including phenoxy) is 1. The van der Waals surface area contributed by atoms with E-state index in [1.54, 1.807) is 7.05 Å². The van der Waals surface area contributed by atoms with E-state index >= 15 is 0 Å². The number of hydrogen-bond donors (Lipinski definition) is 2. The smallest absolute Gasteiger partial charge is 0.323 e. The lowest BCUT2D eigenvalue weighted by Gasteiger charge is -2.25. The van der Waals surface area contributed by atoms with Crippen LogP contribution in [0.3, 0.4) is 0 Å². The molecule has 20 heavy (non-hydrogen) atoms. The summed E-state index contributed by atoms with van der Waals surface area (Å²) in [6.07, 6.45) is 0. The first kappa shape index (κ1) is 16.5. The number of aromatic nitrogens is 3. The Morgan fingerprint density at radius 3 is 2.10 bits per heavy atom. The Bertz CT molecular complexity index is 401. The van der Waals surface area contributed by atoms with E-state index in [4.69, 9.17) is 4.74 Å². The highest BCUT2D eigenvalue weighted by Gasteiger charge is 2.18. The molecule has 1 rings (SSSR count). The van der Waals surface area contributed by atoms with E-state index < -0.39 is 0 Å². The molecule has 0 saturated carbocycles. The predicted octanol–water partition coefficient (Wildman–Crippen LogP) is 2.65. The third-order valence-electron chi connectivity index (χ3n) is 3.32. The maximum absolute atomic E-state index is 5.35. The van der Waals surface area contributed by atoms with E-state index in [1.165, 1.54) is 0 Å². The second kappa shape index (κ2) is 7.87. The second-order valence-corrected chi connectivity index (χ2v) is 5.48. The largest absolute Gasteiger partial charge is 0.464 e. The Hall–Kier alpha value is -1.59. The van der Waals surface area contributed by atoms with Crippen molar-refractivity contribution in [1.82, 2.24) is 15.0 Å². The molecule has 1 aromatic heterocycles. The highest BCUT2D eigenvalue weighted by molar-refractivity contribution is 5.35. The van der Waals surface area contributed by atoms with Gasteiger partial charge in [0.1, 0.15) is 0 Å². The molecule has 0 radical (unpaired) electrons. The Morgan fingerprint density at radius 1 is 1.00 bits per heavy atom. The van der Waals surface area contributed by atoms with Crippen LogP contribution in [0.1, 0.15) is 34.6 Å². The van der Waals surface area contributed by atoms with Crippen molar-refractivity contribution in [3.8, 4) is 6.01 Å². The zero-order valence-electron chi connectivity index (χ0n) is 13.4. The number of anilines is 2. The molecule has 0 bridgehead atoms. The van der Waals surface area contributed by atoms with Crippen LogP contribution in [0.2, 0.25) is 0 Å². The maximum atomic E-state index is 5.35. The van der Waals surface area contributed by atoms with Crippen molar-refractivity contribution < 1.29 is 4.74 Å². The monoisotopic (exact) mass is 281 g/mol. The van der Waals surface area contributed by atoms with Gasteiger partial charge >= 0.3 is 6.01 Å². The summed E-state index contributed by atoms with van der Waals surface area (Å²) in [5.41, 5.74) is 0. The molecule has 6 heteroatoms. The van der Waals surface area contributed by atoms with Crippen molar-refractivity contribution in [2.75, 3.05) is 30.8 Å². The summed E-state index contributed by atoms with van der Waals surface area (Å²) in [5, 5.41) is 6.22. The third-order valence-corrected chi connectivity index (χ3v) is 3.32. The zero-order valence-corrected chi connectivity index (χ0v) is 13.4. The Balaban J connectivity index is 2.77. The fourth-order valence-corrected chi connectivity index (χ4v) is 2.19. The van der Waals surface area contributed by atoms with Crippen LogP contribution >= 0.6 is 0 Å². The Labute approximate surface area is 121 Å². The van der Waals surface area contributed by atoms with E-state index in [0.29, 0.717) is 42.3 Å². The van der Waals surface area contributed by atoms with Crippen LogP contribution in [0.4, 0.5) is 11.9 Å². The summed E-state index contributed by atoms with van der Waals surface area (Å²) < 4.78 is 5.35. The number of nitrogens with one attached hydrogen (secondary N) is 2. The first-order valence-corrected chi connectivity index (χ1v) is 7.28. The van der Waals surface area contributed by atoms with E-state index in [-0.39, 0.29) is 0 Å². The van der Waals surface area contributed by atoms with Gasteiger partial charge in [-0.2, -0.15) is 15.0 Å². The molecular weight excluding hydrogens is 254 g/mol. The van der Waals surface area contributed by atoms with Gasteiger partial charge in [0.05, 0.1) is 6.61 Å². The van der Waals surface area contributed by atoms with Crippen molar-refractivity contribution in [2.45, 2.75) is 34.6 Å². The van der Waals surface area contributed by atoms with Gasteiger partial charge in [-0.25, -0.2) is 0 Å². The van der Waals surface area contributed by atoms with Crippen molar-refractivity contribution in [3.05, 3.63) is 0 Å². The molecule has 0 spiro atoms. The first-order chi connectivity index (χ1) is 9.47. The van der Waals surface area contributed by atoms with Crippen molar-refractivity contribution in [1.29, 1.82) is 0 Å². The first-order valence-electron chi connectivity index (χ1n) is 7.28. The highest BCUT2D eigenvalue weighted by Crippen LogP contribution is 2.21. The van der Waals surface area contributed by atoms with Gasteiger partial charge in [-0.05, 0) is 24.7 Å². The lowest BCUT2D eigenvalue weighted by molar-refractivity contribution is 0.302. The van der Waals surface area contributed by atoms with Gasteiger partial charge in [0, 0.05) is 13.6 Å². The molecule has 0 aliphatic carbocycles. The van der Waals surface area contributed by atoms with E-state index in [2.05, 4.69) is 53.3 Å². The molecular formula is C14H27N5O. The Kier molecular flexibility index (Phi) is 6.48. The minimum atomic E-state index is 0.347. The fraction of sp³-hybridized carbons (Fsp3) is 0.786. The van der Waals surface area contributed by atoms with Gasteiger partial charge < -0.3 is 15.4 Å². The molecule has 0 aliphatic rings.